The van der Waals surface area contributed by atoms with Crippen LogP contribution in [0.3, 0.4) is 0 Å². The topological polar surface area (TPSA) is 55.6 Å². The van der Waals surface area contributed by atoms with Crippen LogP contribution in [0, 0.1) is 5.82 Å². The van der Waals surface area contributed by atoms with Gasteiger partial charge < -0.3 is 9.15 Å². The van der Waals surface area contributed by atoms with E-state index in [1.807, 2.05) is 18.2 Å². The van der Waals surface area contributed by atoms with E-state index in [9.17, 15) is 9.18 Å². The average Bonchev–Trinajstić information content (AvgIpc) is 3.34. The van der Waals surface area contributed by atoms with Crippen LogP contribution in [0.5, 0.6) is 5.75 Å². The van der Waals surface area contributed by atoms with Crippen LogP contribution in [0.2, 0.25) is 0 Å². The molecule has 27 heavy (non-hydrogen) atoms. The van der Waals surface area contributed by atoms with Crippen molar-refractivity contribution in [3.05, 3.63) is 78.5 Å². The summed E-state index contributed by atoms with van der Waals surface area (Å²) in [6.07, 6.45) is 1.55. The van der Waals surface area contributed by atoms with Crippen LogP contribution < -0.4 is 9.64 Å². The first-order chi connectivity index (χ1) is 13.2. The summed E-state index contributed by atoms with van der Waals surface area (Å²) in [5, 5.41) is 0.466. The normalized spacial score (nSPS) is 10.9. The van der Waals surface area contributed by atoms with Crippen LogP contribution in [-0.4, -0.2) is 17.5 Å². The summed E-state index contributed by atoms with van der Waals surface area (Å²) in [5.74, 6) is 0.618. The van der Waals surface area contributed by atoms with E-state index >= 15 is 0 Å². The Morgan fingerprint density at radius 2 is 2.00 bits per heavy atom. The van der Waals surface area contributed by atoms with Gasteiger partial charge in [0.05, 0.1) is 23.0 Å². The van der Waals surface area contributed by atoms with Gasteiger partial charge in [0, 0.05) is 0 Å². The quantitative estimate of drug-likeness (QED) is 0.487. The number of hydrogen-bond acceptors (Lipinski definition) is 5. The smallest absolute Gasteiger partial charge is 0.267 e. The fourth-order valence-electron chi connectivity index (χ4n) is 2.56. The number of amides is 1. The predicted octanol–water partition coefficient (Wildman–Crippen LogP) is 4.64. The minimum absolute atomic E-state index is 0.144. The van der Waals surface area contributed by atoms with Crippen molar-refractivity contribution in [2.45, 2.75) is 6.54 Å². The van der Waals surface area contributed by atoms with Crippen molar-refractivity contribution in [3.63, 3.8) is 0 Å². The lowest BCUT2D eigenvalue weighted by Crippen LogP contribution is -2.34. The van der Waals surface area contributed by atoms with Gasteiger partial charge in [0.2, 0.25) is 0 Å². The molecule has 0 spiro atoms. The third-order valence-corrected chi connectivity index (χ3v) is 4.91. The molecule has 0 N–H and O–H groups in total. The molecule has 2 aromatic carbocycles. The molecule has 0 atom stereocenters. The molecule has 2 heterocycles. The zero-order valence-electron chi connectivity index (χ0n) is 14.2. The van der Waals surface area contributed by atoms with Gasteiger partial charge in [-0.1, -0.05) is 29.5 Å². The van der Waals surface area contributed by atoms with Crippen molar-refractivity contribution >= 4 is 32.6 Å². The fraction of sp³-hybridized carbons (Fsp3) is 0.100. The van der Waals surface area contributed by atoms with Gasteiger partial charge in [-0.25, -0.2) is 9.37 Å². The Balaban J connectivity index is 1.60. The first-order valence-corrected chi connectivity index (χ1v) is 9.07. The van der Waals surface area contributed by atoms with Crippen LogP contribution in [0.15, 0.2) is 71.3 Å². The largest absolute Gasteiger partial charge is 0.484 e. The molecule has 0 saturated heterocycles. The van der Waals surface area contributed by atoms with E-state index in [2.05, 4.69) is 4.98 Å². The van der Waals surface area contributed by atoms with Gasteiger partial charge >= 0.3 is 0 Å². The van der Waals surface area contributed by atoms with Crippen molar-refractivity contribution in [2.75, 3.05) is 11.5 Å². The van der Waals surface area contributed by atoms with E-state index in [0.717, 1.165) is 0 Å². The number of ether oxygens (including phenoxy) is 1. The Morgan fingerprint density at radius 3 is 2.78 bits per heavy atom. The molecule has 1 amide bonds. The number of nitrogens with zero attached hydrogens (tertiary/aromatic N) is 2. The summed E-state index contributed by atoms with van der Waals surface area (Å²) in [6, 6.07) is 17.0. The molecular weight excluding hydrogens is 367 g/mol. The molecule has 136 valence electrons. The third-order valence-electron chi connectivity index (χ3n) is 3.87. The Kier molecular flexibility index (Phi) is 4.84. The molecule has 0 fully saturated rings. The summed E-state index contributed by atoms with van der Waals surface area (Å²) >= 11 is 1.25. The van der Waals surface area contributed by atoms with E-state index in [0.29, 0.717) is 26.9 Å². The molecule has 4 rings (SSSR count). The van der Waals surface area contributed by atoms with Gasteiger partial charge in [-0.3, -0.25) is 9.69 Å². The van der Waals surface area contributed by atoms with Crippen molar-refractivity contribution in [3.8, 4) is 5.75 Å². The number of halogens is 1. The van der Waals surface area contributed by atoms with E-state index in [1.54, 1.807) is 36.6 Å². The Morgan fingerprint density at radius 1 is 1.15 bits per heavy atom. The molecular formula is C20H15FN2O3S. The van der Waals surface area contributed by atoms with E-state index in [-0.39, 0.29) is 24.9 Å². The zero-order valence-corrected chi connectivity index (χ0v) is 15.0. The van der Waals surface area contributed by atoms with Crippen LogP contribution in [-0.2, 0) is 11.3 Å². The first-order valence-electron chi connectivity index (χ1n) is 8.26. The molecule has 2 aromatic heterocycles. The lowest BCUT2D eigenvalue weighted by atomic mass is 10.3. The highest BCUT2D eigenvalue weighted by Gasteiger charge is 2.22. The standard InChI is InChI=1S/C20H15FN2O3S/c21-14-8-9-17-18(11-14)27-20(22-17)23(12-16-7-4-10-25-16)19(24)13-26-15-5-2-1-3-6-15/h1-11H,12-13H2. The van der Waals surface area contributed by atoms with Crippen molar-refractivity contribution in [2.24, 2.45) is 0 Å². The van der Waals surface area contributed by atoms with Gasteiger partial charge in [-0.05, 0) is 42.5 Å². The second kappa shape index (κ2) is 7.59. The molecule has 0 saturated carbocycles. The molecule has 7 heteroatoms. The second-order valence-electron chi connectivity index (χ2n) is 5.77. The SMILES string of the molecule is O=C(COc1ccccc1)N(Cc1ccco1)c1nc2ccc(F)cc2s1. The van der Waals surface area contributed by atoms with Gasteiger partial charge in [0.15, 0.2) is 11.7 Å². The number of rotatable bonds is 6. The second-order valence-corrected chi connectivity index (χ2v) is 6.78. The monoisotopic (exact) mass is 382 g/mol. The summed E-state index contributed by atoms with van der Waals surface area (Å²) in [5.41, 5.74) is 0.637. The maximum atomic E-state index is 13.5. The van der Waals surface area contributed by atoms with Crippen molar-refractivity contribution in [1.29, 1.82) is 0 Å². The number of aromatic nitrogens is 1. The Hall–Kier alpha value is -3.19. The third kappa shape index (κ3) is 3.98. The summed E-state index contributed by atoms with van der Waals surface area (Å²) in [6.45, 7) is 0.0707. The lowest BCUT2D eigenvalue weighted by molar-refractivity contribution is -0.120. The molecule has 0 radical (unpaired) electrons. The number of benzene rings is 2. The highest BCUT2D eigenvalue weighted by Crippen LogP contribution is 2.30. The van der Waals surface area contributed by atoms with Crippen LogP contribution >= 0.6 is 11.3 Å². The van der Waals surface area contributed by atoms with Gasteiger partial charge in [0.1, 0.15) is 17.3 Å². The minimum atomic E-state index is -0.339. The number of fused-ring (bicyclic) bond motifs is 1. The van der Waals surface area contributed by atoms with Crippen molar-refractivity contribution < 1.29 is 18.3 Å². The summed E-state index contributed by atoms with van der Waals surface area (Å²) < 4.78 is 25.1. The summed E-state index contributed by atoms with van der Waals surface area (Å²) in [7, 11) is 0. The predicted molar refractivity (Wildman–Crippen MR) is 101 cm³/mol. The fourth-order valence-corrected chi connectivity index (χ4v) is 3.57. The number of thiazole rings is 1. The number of furan rings is 1. The molecule has 5 nitrogen and oxygen atoms in total. The Bertz CT molecular complexity index is 1050. The minimum Gasteiger partial charge on any atom is -0.484 e. The molecule has 0 bridgehead atoms. The summed E-state index contributed by atoms with van der Waals surface area (Å²) in [4.78, 5) is 18.8. The molecule has 0 aliphatic rings. The zero-order chi connectivity index (χ0) is 18.6. The number of para-hydroxylation sites is 1. The van der Waals surface area contributed by atoms with E-state index in [4.69, 9.17) is 9.15 Å². The number of anilines is 1. The molecule has 0 unspecified atom stereocenters. The van der Waals surface area contributed by atoms with Crippen LogP contribution in [0.4, 0.5) is 9.52 Å². The van der Waals surface area contributed by atoms with E-state index in [1.165, 1.54) is 28.4 Å². The maximum Gasteiger partial charge on any atom is 0.267 e. The molecule has 0 aliphatic carbocycles. The van der Waals surface area contributed by atoms with Crippen LogP contribution in [0.1, 0.15) is 5.76 Å². The number of carbonyl (C=O) groups excluding carboxylic acids is 1. The van der Waals surface area contributed by atoms with Gasteiger partial charge in [-0.2, -0.15) is 0 Å². The van der Waals surface area contributed by atoms with Crippen molar-refractivity contribution in [1.82, 2.24) is 4.98 Å². The highest BCUT2D eigenvalue weighted by molar-refractivity contribution is 7.22. The average molecular weight is 382 g/mol. The molecule has 0 aliphatic heterocycles. The van der Waals surface area contributed by atoms with E-state index < -0.39 is 0 Å². The van der Waals surface area contributed by atoms with Crippen LogP contribution in [0.25, 0.3) is 10.2 Å². The van der Waals surface area contributed by atoms with Gasteiger partial charge in [0.25, 0.3) is 5.91 Å². The number of hydrogen-bond donors (Lipinski definition) is 0. The number of carbonyl (C=O) groups is 1. The maximum absolute atomic E-state index is 13.5. The Labute approximate surface area is 158 Å². The first kappa shape index (κ1) is 17.2. The highest BCUT2D eigenvalue weighted by atomic mass is 32.1. The lowest BCUT2D eigenvalue weighted by Gasteiger charge is -2.19. The van der Waals surface area contributed by atoms with Gasteiger partial charge in [-0.15, -0.1) is 0 Å². The molecule has 4 aromatic rings.